The van der Waals surface area contributed by atoms with Gasteiger partial charge in [-0.15, -0.1) is 11.3 Å². The second-order valence-corrected chi connectivity index (χ2v) is 8.69. The Kier molecular flexibility index (Phi) is 4.74. The third-order valence-electron chi connectivity index (χ3n) is 4.24. The summed E-state index contributed by atoms with van der Waals surface area (Å²) in [6.45, 7) is 2.10. The fraction of sp³-hybridized carbons (Fsp3) is 0.263. The molecule has 4 rings (SSSR count). The minimum atomic E-state index is -1.09. The average molecular weight is 386 g/mol. The molecule has 3 heterocycles. The van der Waals surface area contributed by atoms with Crippen molar-refractivity contribution in [3.8, 4) is 17.1 Å². The van der Waals surface area contributed by atoms with Crippen molar-refractivity contribution in [2.45, 2.75) is 24.0 Å². The smallest absolute Gasteiger partial charge is 0.159 e. The number of nitrogens with zero attached hydrogens (tertiary/aromatic N) is 3. The Morgan fingerprint density at radius 2 is 2.08 bits per heavy atom. The van der Waals surface area contributed by atoms with E-state index in [1.807, 2.05) is 40.9 Å². The zero-order chi connectivity index (χ0) is 18.1. The van der Waals surface area contributed by atoms with E-state index in [-0.39, 0.29) is 0 Å². The van der Waals surface area contributed by atoms with Crippen LogP contribution in [0.1, 0.15) is 19.8 Å². The first kappa shape index (κ1) is 17.2. The third kappa shape index (κ3) is 2.81. The Hall–Kier alpha value is -2.25. The molecule has 7 heteroatoms. The van der Waals surface area contributed by atoms with Crippen molar-refractivity contribution in [3.63, 3.8) is 0 Å². The summed E-state index contributed by atoms with van der Waals surface area (Å²) in [5.41, 5.74) is 1.79. The van der Waals surface area contributed by atoms with Gasteiger partial charge in [0.05, 0.1) is 23.3 Å². The topological polar surface area (TPSA) is 56.5 Å². The van der Waals surface area contributed by atoms with Crippen LogP contribution < -0.4 is 4.74 Å². The molecule has 0 aliphatic carbocycles. The number of rotatable bonds is 6. The van der Waals surface area contributed by atoms with Gasteiger partial charge in [-0.05, 0) is 6.42 Å². The summed E-state index contributed by atoms with van der Waals surface area (Å²) < 4.78 is 21.1. The number of imidazole rings is 1. The molecule has 0 saturated carbocycles. The predicted molar refractivity (Wildman–Crippen MR) is 107 cm³/mol. The van der Waals surface area contributed by atoms with E-state index in [1.54, 1.807) is 13.3 Å². The standard InChI is InChI=1S/C19H19N3O2S2/c1-3-4-12-26(23)19-15(24-2)14-17-20-10-11-22(17)16(21-18(14)25-19)13-8-6-5-7-9-13/h5-11H,3-4,12H2,1-2H3. The number of hydrogen-bond acceptors (Lipinski definition) is 5. The molecule has 134 valence electrons. The summed E-state index contributed by atoms with van der Waals surface area (Å²) in [6, 6.07) is 10.0. The molecule has 26 heavy (non-hydrogen) atoms. The Labute approximate surface area is 158 Å². The number of fused-ring (bicyclic) bond motifs is 3. The maximum atomic E-state index is 12.8. The van der Waals surface area contributed by atoms with Crippen molar-refractivity contribution in [2.24, 2.45) is 0 Å². The van der Waals surface area contributed by atoms with E-state index in [4.69, 9.17) is 9.72 Å². The van der Waals surface area contributed by atoms with E-state index in [9.17, 15) is 4.21 Å². The number of thiophene rings is 1. The molecule has 5 nitrogen and oxygen atoms in total. The van der Waals surface area contributed by atoms with Gasteiger partial charge >= 0.3 is 0 Å². The van der Waals surface area contributed by atoms with Crippen molar-refractivity contribution in [1.29, 1.82) is 0 Å². The molecule has 1 atom stereocenters. The van der Waals surface area contributed by atoms with Gasteiger partial charge in [0.2, 0.25) is 0 Å². The number of unbranched alkanes of at least 4 members (excludes halogenated alkanes) is 1. The fourth-order valence-electron chi connectivity index (χ4n) is 2.96. The molecule has 0 aliphatic rings. The summed E-state index contributed by atoms with van der Waals surface area (Å²) in [5, 5.41) is 0.835. The van der Waals surface area contributed by atoms with E-state index < -0.39 is 10.8 Å². The fourth-order valence-corrected chi connectivity index (χ4v) is 5.82. The summed E-state index contributed by atoms with van der Waals surface area (Å²) >= 11 is 1.44. The van der Waals surface area contributed by atoms with Gasteiger partial charge in [0, 0.05) is 23.7 Å². The molecule has 1 aromatic carbocycles. The minimum Gasteiger partial charge on any atom is -0.494 e. The summed E-state index contributed by atoms with van der Waals surface area (Å²) in [7, 11) is 0.525. The van der Waals surface area contributed by atoms with Crippen LogP contribution in [0.4, 0.5) is 0 Å². The number of benzene rings is 1. The Balaban J connectivity index is 1.98. The number of aromatic nitrogens is 3. The van der Waals surface area contributed by atoms with Crippen LogP contribution in [0.25, 0.3) is 27.3 Å². The second kappa shape index (κ2) is 7.17. The van der Waals surface area contributed by atoms with Crippen LogP contribution in [0.2, 0.25) is 0 Å². The molecule has 0 amide bonds. The van der Waals surface area contributed by atoms with Gasteiger partial charge < -0.3 is 4.74 Å². The van der Waals surface area contributed by atoms with Gasteiger partial charge in [-0.3, -0.25) is 8.61 Å². The van der Waals surface area contributed by atoms with Gasteiger partial charge in [0.15, 0.2) is 11.4 Å². The van der Waals surface area contributed by atoms with Gasteiger partial charge in [-0.1, -0.05) is 43.7 Å². The molecule has 0 bridgehead atoms. The molecule has 3 aromatic heterocycles. The lowest BCUT2D eigenvalue weighted by Gasteiger charge is -2.07. The SMILES string of the molecule is CCCCS(=O)c1sc2nc(-c3ccccc3)n3ccnc3c2c1OC. The largest absolute Gasteiger partial charge is 0.494 e. The van der Waals surface area contributed by atoms with E-state index >= 15 is 0 Å². The highest BCUT2D eigenvalue weighted by Crippen LogP contribution is 2.42. The first-order valence-electron chi connectivity index (χ1n) is 8.52. The summed E-state index contributed by atoms with van der Waals surface area (Å²) in [5.74, 6) is 2.10. The lowest BCUT2D eigenvalue weighted by atomic mass is 10.2. The maximum Gasteiger partial charge on any atom is 0.159 e. The molecule has 0 saturated heterocycles. The maximum absolute atomic E-state index is 12.8. The van der Waals surface area contributed by atoms with Gasteiger partial charge in [-0.25, -0.2) is 9.97 Å². The second-order valence-electron chi connectivity index (χ2n) is 5.93. The van der Waals surface area contributed by atoms with E-state index in [0.29, 0.717) is 11.5 Å². The molecule has 4 aromatic rings. The Morgan fingerprint density at radius 3 is 2.81 bits per heavy atom. The predicted octanol–water partition coefficient (Wildman–Crippen LogP) is 4.53. The lowest BCUT2D eigenvalue weighted by molar-refractivity contribution is 0.412. The van der Waals surface area contributed by atoms with Crippen LogP contribution in [0.3, 0.4) is 0 Å². The highest BCUT2D eigenvalue weighted by atomic mass is 32.2. The lowest BCUT2D eigenvalue weighted by Crippen LogP contribution is -1.98. The number of ether oxygens (including phenoxy) is 1. The monoisotopic (exact) mass is 385 g/mol. The van der Waals surface area contributed by atoms with E-state index in [2.05, 4.69) is 11.9 Å². The van der Waals surface area contributed by atoms with E-state index in [0.717, 1.165) is 44.3 Å². The Bertz CT molecular complexity index is 1090. The van der Waals surface area contributed by atoms with Crippen molar-refractivity contribution < 1.29 is 8.95 Å². The number of hydrogen-bond donors (Lipinski definition) is 0. The molecule has 0 spiro atoms. The highest BCUT2D eigenvalue weighted by Gasteiger charge is 2.23. The van der Waals surface area contributed by atoms with Gasteiger partial charge in [-0.2, -0.15) is 0 Å². The van der Waals surface area contributed by atoms with Crippen LogP contribution >= 0.6 is 11.3 Å². The van der Waals surface area contributed by atoms with Crippen molar-refractivity contribution in [1.82, 2.24) is 14.4 Å². The van der Waals surface area contributed by atoms with Crippen molar-refractivity contribution in [3.05, 3.63) is 42.7 Å². The van der Waals surface area contributed by atoms with Crippen molar-refractivity contribution >= 4 is 38.0 Å². The number of methoxy groups -OCH3 is 1. The van der Waals surface area contributed by atoms with Crippen molar-refractivity contribution in [2.75, 3.05) is 12.9 Å². The molecular formula is C19H19N3O2S2. The van der Waals surface area contributed by atoms with Gasteiger partial charge in [0.25, 0.3) is 0 Å². The molecule has 0 radical (unpaired) electrons. The first-order valence-corrected chi connectivity index (χ1v) is 10.7. The van der Waals surface area contributed by atoms with Crippen LogP contribution in [0, 0.1) is 0 Å². The average Bonchev–Trinajstić information content (AvgIpc) is 3.30. The Morgan fingerprint density at radius 1 is 1.27 bits per heavy atom. The normalized spacial score (nSPS) is 12.7. The van der Waals surface area contributed by atoms with Crippen LogP contribution in [-0.4, -0.2) is 31.4 Å². The van der Waals surface area contributed by atoms with E-state index in [1.165, 1.54) is 11.3 Å². The zero-order valence-electron chi connectivity index (χ0n) is 14.6. The van der Waals surface area contributed by atoms with Crippen LogP contribution in [0.5, 0.6) is 5.75 Å². The molecule has 1 unspecified atom stereocenters. The quantitative estimate of drug-likeness (QED) is 0.489. The van der Waals surface area contributed by atoms with Crippen LogP contribution in [-0.2, 0) is 10.8 Å². The molecular weight excluding hydrogens is 366 g/mol. The zero-order valence-corrected chi connectivity index (χ0v) is 16.3. The first-order chi connectivity index (χ1) is 12.7. The van der Waals surface area contributed by atoms with Crippen LogP contribution in [0.15, 0.2) is 46.9 Å². The molecule has 0 N–H and O–H groups in total. The summed E-state index contributed by atoms with van der Waals surface area (Å²) in [4.78, 5) is 10.2. The third-order valence-corrected chi connectivity index (χ3v) is 7.17. The molecule has 0 aliphatic heterocycles. The summed E-state index contributed by atoms with van der Waals surface area (Å²) in [6.07, 6.45) is 5.59. The van der Waals surface area contributed by atoms with Gasteiger partial charge in [0.1, 0.15) is 14.9 Å². The molecule has 0 fully saturated rings. The minimum absolute atomic E-state index is 0.635. The highest BCUT2D eigenvalue weighted by molar-refractivity contribution is 7.87.